The molecule has 0 aromatic carbocycles. The quantitative estimate of drug-likeness (QED) is 0.828. The Bertz CT molecular complexity index is 624. The standard InChI is InChI=1S/C14H19N3O2S/c1-4-5-10(3)17-13-11(6-9(2)7-15-13)16-14(17)20-8-12(18)19/h6-7,10H,4-5,8H2,1-3H3,(H,18,19). The van der Waals surface area contributed by atoms with Crippen molar-refractivity contribution in [2.75, 3.05) is 5.75 Å². The van der Waals surface area contributed by atoms with Crippen LogP contribution in [0.5, 0.6) is 0 Å². The summed E-state index contributed by atoms with van der Waals surface area (Å²) >= 11 is 1.25. The molecule has 0 aliphatic rings. The predicted molar refractivity (Wildman–Crippen MR) is 80.2 cm³/mol. The summed E-state index contributed by atoms with van der Waals surface area (Å²) in [5, 5.41) is 9.59. The molecule has 1 unspecified atom stereocenters. The molecule has 0 spiro atoms. The van der Waals surface area contributed by atoms with Crippen LogP contribution in [0.2, 0.25) is 0 Å². The van der Waals surface area contributed by atoms with E-state index in [0.717, 1.165) is 34.7 Å². The zero-order valence-corrected chi connectivity index (χ0v) is 12.8. The average Bonchev–Trinajstić information content (AvgIpc) is 2.74. The third-order valence-corrected chi connectivity index (χ3v) is 4.04. The number of carboxylic acid groups (broad SMARTS) is 1. The maximum Gasteiger partial charge on any atom is 0.313 e. The molecule has 2 rings (SSSR count). The van der Waals surface area contributed by atoms with Crippen LogP contribution >= 0.6 is 11.8 Å². The summed E-state index contributed by atoms with van der Waals surface area (Å²) in [5.74, 6) is -0.817. The normalized spacial score (nSPS) is 12.8. The molecule has 0 radical (unpaired) electrons. The van der Waals surface area contributed by atoms with Gasteiger partial charge in [0.1, 0.15) is 5.52 Å². The summed E-state index contributed by atoms with van der Waals surface area (Å²) < 4.78 is 2.06. The number of carbonyl (C=O) groups is 1. The van der Waals surface area contributed by atoms with Crippen LogP contribution in [-0.2, 0) is 4.79 Å². The molecule has 0 saturated carbocycles. The second-order valence-corrected chi connectivity index (χ2v) is 5.88. The van der Waals surface area contributed by atoms with Crippen LogP contribution in [0.4, 0.5) is 0 Å². The van der Waals surface area contributed by atoms with Gasteiger partial charge in [0.05, 0.1) is 5.75 Å². The zero-order valence-electron chi connectivity index (χ0n) is 12.0. The van der Waals surface area contributed by atoms with Gasteiger partial charge in [-0.05, 0) is 31.9 Å². The van der Waals surface area contributed by atoms with E-state index in [1.807, 2.05) is 19.2 Å². The van der Waals surface area contributed by atoms with Gasteiger partial charge in [-0.2, -0.15) is 0 Å². The van der Waals surface area contributed by atoms with Crippen LogP contribution in [-0.4, -0.2) is 31.4 Å². The molecule has 2 aromatic rings. The first kappa shape index (κ1) is 14.8. The number of thioether (sulfide) groups is 1. The molecule has 20 heavy (non-hydrogen) atoms. The number of nitrogens with zero attached hydrogens (tertiary/aromatic N) is 3. The molecule has 1 atom stereocenters. The van der Waals surface area contributed by atoms with E-state index in [0.29, 0.717) is 0 Å². The van der Waals surface area contributed by atoms with Crippen molar-refractivity contribution in [3.63, 3.8) is 0 Å². The van der Waals surface area contributed by atoms with Crippen molar-refractivity contribution in [3.05, 3.63) is 17.8 Å². The van der Waals surface area contributed by atoms with Crippen molar-refractivity contribution >= 4 is 28.9 Å². The van der Waals surface area contributed by atoms with Crippen LogP contribution in [0.1, 0.15) is 38.3 Å². The Balaban J connectivity index is 2.47. The number of rotatable bonds is 6. The summed E-state index contributed by atoms with van der Waals surface area (Å²) in [5.41, 5.74) is 2.73. The molecule has 108 valence electrons. The van der Waals surface area contributed by atoms with E-state index in [4.69, 9.17) is 5.11 Å². The maximum atomic E-state index is 10.8. The molecule has 0 aliphatic carbocycles. The van der Waals surface area contributed by atoms with Gasteiger partial charge in [-0.1, -0.05) is 25.1 Å². The molecule has 0 bridgehead atoms. The molecule has 0 saturated heterocycles. The molecule has 6 heteroatoms. The van der Waals surface area contributed by atoms with Crippen molar-refractivity contribution in [1.82, 2.24) is 14.5 Å². The first-order valence-electron chi connectivity index (χ1n) is 6.72. The first-order chi connectivity index (χ1) is 9.52. The fourth-order valence-corrected chi connectivity index (χ4v) is 3.06. The lowest BCUT2D eigenvalue weighted by atomic mass is 10.2. The minimum absolute atomic E-state index is 0.0150. The maximum absolute atomic E-state index is 10.8. The van der Waals surface area contributed by atoms with E-state index in [9.17, 15) is 4.79 Å². The second kappa shape index (κ2) is 6.26. The number of fused-ring (bicyclic) bond motifs is 1. The summed E-state index contributed by atoms with van der Waals surface area (Å²) in [7, 11) is 0. The zero-order chi connectivity index (χ0) is 14.7. The van der Waals surface area contributed by atoms with Crippen LogP contribution in [0.15, 0.2) is 17.4 Å². The van der Waals surface area contributed by atoms with Crippen LogP contribution in [0.25, 0.3) is 11.2 Å². The van der Waals surface area contributed by atoms with Crippen LogP contribution in [0, 0.1) is 6.92 Å². The van der Waals surface area contributed by atoms with Crippen LogP contribution < -0.4 is 0 Å². The van der Waals surface area contributed by atoms with E-state index in [1.54, 1.807) is 0 Å². The van der Waals surface area contributed by atoms with Gasteiger partial charge >= 0.3 is 5.97 Å². The van der Waals surface area contributed by atoms with Gasteiger partial charge in [0, 0.05) is 12.2 Å². The fourth-order valence-electron chi connectivity index (χ4n) is 2.23. The van der Waals surface area contributed by atoms with Gasteiger partial charge in [0.25, 0.3) is 0 Å². The van der Waals surface area contributed by atoms with Gasteiger partial charge in [-0.25, -0.2) is 9.97 Å². The minimum Gasteiger partial charge on any atom is -0.481 e. The Morgan fingerprint density at radius 3 is 2.95 bits per heavy atom. The summed E-state index contributed by atoms with van der Waals surface area (Å²) in [6.07, 6.45) is 3.90. The fraction of sp³-hybridized carbons (Fsp3) is 0.500. The predicted octanol–water partition coefficient (Wildman–Crippen LogP) is 3.28. The number of imidazole rings is 1. The van der Waals surface area contributed by atoms with E-state index in [2.05, 4.69) is 28.4 Å². The van der Waals surface area contributed by atoms with Crippen molar-refractivity contribution in [2.45, 2.75) is 44.8 Å². The number of aliphatic carboxylic acids is 1. The number of hydrogen-bond donors (Lipinski definition) is 1. The number of carboxylic acids is 1. The van der Waals surface area contributed by atoms with Crippen molar-refractivity contribution in [2.24, 2.45) is 0 Å². The SMILES string of the molecule is CCCC(C)n1c(SCC(=O)O)nc2cc(C)cnc21. The van der Waals surface area contributed by atoms with E-state index in [-0.39, 0.29) is 11.8 Å². The highest BCUT2D eigenvalue weighted by atomic mass is 32.2. The smallest absolute Gasteiger partial charge is 0.313 e. The topological polar surface area (TPSA) is 68.0 Å². The van der Waals surface area contributed by atoms with Gasteiger partial charge in [0.2, 0.25) is 0 Å². The Kier molecular flexibility index (Phi) is 4.65. The van der Waals surface area contributed by atoms with Gasteiger partial charge in [-0.15, -0.1) is 0 Å². The van der Waals surface area contributed by atoms with Gasteiger partial charge in [-0.3, -0.25) is 4.79 Å². The Labute approximate surface area is 122 Å². The lowest BCUT2D eigenvalue weighted by molar-refractivity contribution is -0.133. The number of aromatic nitrogens is 3. The number of pyridine rings is 1. The molecule has 2 heterocycles. The highest BCUT2D eigenvalue weighted by molar-refractivity contribution is 7.99. The molecule has 5 nitrogen and oxygen atoms in total. The molecule has 0 amide bonds. The third-order valence-electron chi connectivity index (χ3n) is 3.11. The molecular formula is C14H19N3O2S. The lowest BCUT2D eigenvalue weighted by Gasteiger charge is -2.15. The van der Waals surface area contributed by atoms with Crippen molar-refractivity contribution in [3.8, 4) is 0 Å². The van der Waals surface area contributed by atoms with E-state index in [1.165, 1.54) is 11.8 Å². The molecule has 0 fully saturated rings. The number of hydrogen-bond acceptors (Lipinski definition) is 4. The second-order valence-electron chi connectivity index (χ2n) is 4.94. The third kappa shape index (κ3) is 3.12. The van der Waals surface area contributed by atoms with E-state index >= 15 is 0 Å². The Morgan fingerprint density at radius 1 is 1.55 bits per heavy atom. The molecular weight excluding hydrogens is 274 g/mol. The summed E-state index contributed by atoms with van der Waals surface area (Å²) in [4.78, 5) is 19.8. The Morgan fingerprint density at radius 2 is 2.30 bits per heavy atom. The Hall–Kier alpha value is -1.56. The monoisotopic (exact) mass is 293 g/mol. The minimum atomic E-state index is -0.833. The largest absolute Gasteiger partial charge is 0.481 e. The molecule has 1 N–H and O–H groups in total. The highest BCUT2D eigenvalue weighted by Crippen LogP contribution is 2.28. The lowest BCUT2D eigenvalue weighted by Crippen LogP contribution is -2.08. The van der Waals surface area contributed by atoms with Gasteiger partial charge in [0.15, 0.2) is 10.8 Å². The summed E-state index contributed by atoms with van der Waals surface area (Å²) in [6.45, 7) is 6.24. The van der Waals surface area contributed by atoms with Crippen LogP contribution in [0.3, 0.4) is 0 Å². The number of aryl methyl sites for hydroxylation is 1. The molecule has 0 aliphatic heterocycles. The highest BCUT2D eigenvalue weighted by Gasteiger charge is 2.17. The first-order valence-corrected chi connectivity index (χ1v) is 7.70. The average molecular weight is 293 g/mol. The van der Waals surface area contributed by atoms with Crippen molar-refractivity contribution in [1.29, 1.82) is 0 Å². The molecule has 2 aromatic heterocycles. The van der Waals surface area contributed by atoms with Crippen molar-refractivity contribution < 1.29 is 9.90 Å². The summed E-state index contributed by atoms with van der Waals surface area (Å²) in [6, 6.07) is 2.25. The van der Waals surface area contributed by atoms with Gasteiger partial charge < -0.3 is 9.67 Å². The van der Waals surface area contributed by atoms with E-state index < -0.39 is 5.97 Å².